The summed E-state index contributed by atoms with van der Waals surface area (Å²) in [5.41, 5.74) is 1.28. The van der Waals surface area contributed by atoms with Crippen LogP contribution in [0.5, 0.6) is 0 Å². The number of carbonyl (C=O) groups is 2. The Kier molecular flexibility index (Phi) is 13.2. The highest BCUT2D eigenvalue weighted by Gasteiger charge is 2.28. The quantitative estimate of drug-likeness (QED) is 0.173. The third kappa shape index (κ3) is 9.95. The van der Waals surface area contributed by atoms with Gasteiger partial charge in [-0.25, -0.2) is 0 Å². The summed E-state index contributed by atoms with van der Waals surface area (Å²) in [5.74, 6) is 6.19. The van der Waals surface area contributed by atoms with E-state index in [4.69, 9.17) is 0 Å². The monoisotopic (exact) mass is 606 g/mol. The van der Waals surface area contributed by atoms with Gasteiger partial charge in [-0.1, -0.05) is 48.8 Å². The van der Waals surface area contributed by atoms with Crippen LogP contribution in [-0.2, 0) is 9.59 Å². The minimum Gasteiger partial charge on any atom is -0.282 e. The molecule has 0 radical (unpaired) electrons. The zero-order valence-electron chi connectivity index (χ0n) is 19.4. The second-order valence-corrected chi connectivity index (χ2v) is 18.1. The van der Waals surface area contributed by atoms with E-state index in [1.165, 1.54) is 33.3 Å². The van der Waals surface area contributed by atoms with E-state index in [9.17, 15) is 9.59 Å². The van der Waals surface area contributed by atoms with Crippen molar-refractivity contribution in [1.82, 2.24) is 0 Å². The van der Waals surface area contributed by atoms with E-state index >= 15 is 0 Å². The molecular weight excluding hydrogens is 577 g/mol. The highest BCUT2D eigenvalue weighted by Crippen LogP contribution is 2.45. The molecule has 0 aromatic heterocycles. The van der Waals surface area contributed by atoms with Gasteiger partial charge in [0.05, 0.1) is 9.16 Å². The van der Waals surface area contributed by atoms with Gasteiger partial charge in [0.15, 0.2) is 0 Å². The molecule has 186 valence electrons. The lowest BCUT2D eigenvalue weighted by Gasteiger charge is -2.14. The maximum absolute atomic E-state index is 11.8. The lowest BCUT2D eigenvalue weighted by Crippen LogP contribution is -2.08. The van der Waals surface area contributed by atoms with Gasteiger partial charge in [0.1, 0.15) is 0 Å². The van der Waals surface area contributed by atoms with Crippen molar-refractivity contribution in [1.29, 1.82) is 0 Å². The molecular formula is C24H30O2S8. The first-order chi connectivity index (χ1) is 16.3. The van der Waals surface area contributed by atoms with E-state index in [0.717, 1.165) is 34.5 Å². The molecule has 1 aromatic rings. The summed E-state index contributed by atoms with van der Waals surface area (Å²) < 4.78 is 1.16. The zero-order valence-corrected chi connectivity index (χ0v) is 25.9. The minimum atomic E-state index is 0.124. The number of rotatable bonds is 12. The smallest absolute Gasteiger partial charge is 0.214 e. The molecule has 2 fully saturated rings. The molecule has 2 heterocycles. The van der Waals surface area contributed by atoms with E-state index in [1.54, 1.807) is 13.8 Å². The first kappa shape index (κ1) is 29.4. The fraction of sp³-hybridized carbons (Fsp3) is 0.500. The molecule has 0 aliphatic carbocycles. The summed E-state index contributed by atoms with van der Waals surface area (Å²) >= 11 is 14.9. The van der Waals surface area contributed by atoms with E-state index < -0.39 is 0 Å². The summed E-state index contributed by atoms with van der Waals surface area (Å²) in [6.45, 7) is 11.1. The summed E-state index contributed by atoms with van der Waals surface area (Å²) in [6, 6.07) is 8.76. The van der Waals surface area contributed by atoms with Crippen molar-refractivity contribution in [2.45, 2.75) is 43.3 Å². The Hall–Kier alpha value is 0.840. The molecule has 0 bridgehead atoms. The highest BCUT2D eigenvalue weighted by molar-refractivity contribution is 8.23. The molecule has 4 unspecified atom stereocenters. The Balaban J connectivity index is 1.39. The second kappa shape index (κ2) is 15.3. The normalized spacial score (nSPS) is 24.3. The van der Waals surface area contributed by atoms with E-state index in [0.29, 0.717) is 30.8 Å². The molecule has 0 spiro atoms. The molecule has 2 saturated heterocycles. The van der Waals surface area contributed by atoms with Crippen LogP contribution in [0.15, 0.2) is 58.4 Å². The average molecular weight is 607 g/mol. The van der Waals surface area contributed by atoms with Crippen LogP contribution in [0.1, 0.15) is 13.8 Å². The van der Waals surface area contributed by atoms with Gasteiger partial charge in [0.25, 0.3) is 0 Å². The molecule has 2 aliphatic rings. The van der Waals surface area contributed by atoms with Gasteiger partial charge in [0, 0.05) is 54.8 Å². The number of carbonyl (C=O) groups excluding carboxylic acids is 2. The van der Waals surface area contributed by atoms with Gasteiger partial charge in [0.2, 0.25) is 10.2 Å². The van der Waals surface area contributed by atoms with Gasteiger partial charge in [-0.2, -0.15) is 0 Å². The topological polar surface area (TPSA) is 34.1 Å². The largest absolute Gasteiger partial charge is 0.282 e. The van der Waals surface area contributed by atoms with Gasteiger partial charge < -0.3 is 0 Å². The molecule has 10 heteroatoms. The molecule has 0 amide bonds. The molecule has 2 aliphatic heterocycles. The number of benzene rings is 1. The summed E-state index contributed by atoms with van der Waals surface area (Å²) in [6.07, 6.45) is 0. The lowest BCUT2D eigenvalue weighted by atomic mass is 10.4. The van der Waals surface area contributed by atoms with Crippen molar-refractivity contribution in [2.75, 3.05) is 34.5 Å². The molecule has 2 nitrogen and oxygen atoms in total. The zero-order chi connectivity index (χ0) is 24.5. The SMILES string of the molecule is C=C(C)C(=O)SCC1CSC(CSc2ccccc2SCC2SCC(CSC(=O)C(=C)C)S2)S1. The lowest BCUT2D eigenvalue weighted by molar-refractivity contribution is -0.108. The minimum absolute atomic E-state index is 0.124. The van der Waals surface area contributed by atoms with Crippen molar-refractivity contribution in [3.63, 3.8) is 0 Å². The summed E-state index contributed by atoms with van der Waals surface area (Å²) in [7, 11) is 0. The van der Waals surface area contributed by atoms with Crippen LogP contribution < -0.4 is 0 Å². The first-order valence-electron chi connectivity index (χ1n) is 10.9. The third-order valence-corrected chi connectivity index (χ3v) is 17.4. The predicted molar refractivity (Wildman–Crippen MR) is 168 cm³/mol. The summed E-state index contributed by atoms with van der Waals surface area (Å²) in [4.78, 5) is 26.4. The van der Waals surface area contributed by atoms with E-state index in [-0.39, 0.29) is 10.2 Å². The van der Waals surface area contributed by atoms with Crippen molar-refractivity contribution < 1.29 is 9.59 Å². The van der Waals surface area contributed by atoms with Crippen molar-refractivity contribution in [2.24, 2.45) is 0 Å². The second-order valence-electron chi connectivity index (χ2n) is 7.87. The first-order valence-corrected chi connectivity index (χ1v) is 18.8. The average Bonchev–Trinajstić information content (AvgIpc) is 3.47. The molecule has 0 N–H and O–H groups in total. The van der Waals surface area contributed by atoms with Crippen LogP contribution in [0, 0.1) is 0 Å². The predicted octanol–water partition coefficient (Wildman–Crippen LogP) is 7.89. The Morgan fingerprint density at radius 1 is 0.794 bits per heavy atom. The number of hydrogen-bond donors (Lipinski definition) is 0. The van der Waals surface area contributed by atoms with Crippen LogP contribution >= 0.6 is 94.1 Å². The Morgan fingerprint density at radius 2 is 1.21 bits per heavy atom. The van der Waals surface area contributed by atoms with Gasteiger partial charge in [-0.15, -0.1) is 70.6 Å². The standard InChI is InChI=1S/C24H30O2S8/c1-15(2)23(25)31-11-17-9-29-21(33-17)13-27-19-7-5-6-8-20(19)28-14-22-30-10-18(34-22)12-32-24(26)16(3)4/h5-8,17-18,21-22H,1,3,9-14H2,2,4H3. The van der Waals surface area contributed by atoms with Gasteiger partial charge in [-0.3, -0.25) is 9.59 Å². The number of thioether (sulfide) groups is 8. The van der Waals surface area contributed by atoms with Crippen molar-refractivity contribution in [3.8, 4) is 0 Å². The van der Waals surface area contributed by atoms with Gasteiger partial charge >= 0.3 is 0 Å². The Morgan fingerprint density at radius 3 is 1.59 bits per heavy atom. The third-order valence-electron chi connectivity index (χ3n) is 4.72. The fourth-order valence-electron chi connectivity index (χ4n) is 2.95. The molecule has 34 heavy (non-hydrogen) atoms. The van der Waals surface area contributed by atoms with Crippen molar-refractivity contribution >= 4 is 104 Å². The molecule has 4 atom stereocenters. The highest BCUT2D eigenvalue weighted by atomic mass is 32.2. The van der Waals surface area contributed by atoms with Gasteiger partial charge in [-0.05, 0) is 37.1 Å². The van der Waals surface area contributed by atoms with Crippen LogP contribution in [0.3, 0.4) is 0 Å². The van der Waals surface area contributed by atoms with Crippen molar-refractivity contribution in [3.05, 3.63) is 48.6 Å². The van der Waals surface area contributed by atoms with Crippen LogP contribution in [0.2, 0.25) is 0 Å². The maximum atomic E-state index is 11.8. The Bertz CT molecular complexity index is 818. The van der Waals surface area contributed by atoms with Crippen LogP contribution in [-0.4, -0.2) is 64.4 Å². The summed E-state index contributed by atoms with van der Waals surface area (Å²) in [5, 5.41) is 1.33. The molecule has 0 saturated carbocycles. The molecule has 3 rings (SSSR count). The van der Waals surface area contributed by atoms with E-state index in [2.05, 4.69) is 37.4 Å². The number of hydrogen-bond acceptors (Lipinski definition) is 10. The fourth-order valence-corrected chi connectivity index (χ4v) is 14.8. The molecule has 1 aromatic carbocycles. The Labute approximate surface area is 238 Å². The van der Waals surface area contributed by atoms with Crippen LogP contribution in [0.4, 0.5) is 0 Å². The maximum Gasteiger partial charge on any atom is 0.214 e. The van der Waals surface area contributed by atoms with Crippen LogP contribution in [0.25, 0.3) is 0 Å². The van der Waals surface area contributed by atoms with E-state index in [1.807, 2.05) is 70.6 Å².